The third-order valence-electron chi connectivity index (χ3n) is 2.97. The van der Waals surface area contributed by atoms with Crippen LogP contribution in [0.3, 0.4) is 0 Å². The summed E-state index contributed by atoms with van der Waals surface area (Å²) in [6.45, 7) is 5.25. The average Bonchev–Trinajstić information content (AvgIpc) is 2.97. The van der Waals surface area contributed by atoms with E-state index in [9.17, 15) is 9.59 Å². The number of hydrogen-bond acceptors (Lipinski definition) is 5. The van der Waals surface area contributed by atoms with Crippen molar-refractivity contribution in [1.82, 2.24) is 10.5 Å². The number of nitrogens with zero attached hydrogens (tertiary/aromatic N) is 1. The lowest BCUT2D eigenvalue weighted by Gasteiger charge is -2.14. The van der Waals surface area contributed by atoms with E-state index in [-0.39, 0.29) is 5.76 Å². The van der Waals surface area contributed by atoms with Gasteiger partial charge in [0.1, 0.15) is 11.8 Å². The first-order chi connectivity index (χ1) is 9.99. The van der Waals surface area contributed by atoms with E-state index < -0.39 is 17.9 Å². The van der Waals surface area contributed by atoms with Gasteiger partial charge in [-0.3, -0.25) is 4.79 Å². The molecule has 1 N–H and O–H groups in total. The lowest BCUT2D eigenvalue weighted by molar-refractivity contribution is -0.136. The monoisotopic (exact) mass is 288 g/mol. The molecule has 1 aromatic heterocycles. The van der Waals surface area contributed by atoms with Gasteiger partial charge >= 0.3 is 5.97 Å². The molecule has 1 aromatic carbocycles. The van der Waals surface area contributed by atoms with Crippen molar-refractivity contribution in [3.63, 3.8) is 0 Å². The number of aromatic nitrogens is 1. The maximum Gasteiger partial charge on any atom is 0.333 e. The predicted octanol–water partition coefficient (Wildman–Crippen LogP) is 2.02. The van der Waals surface area contributed by atoms with Crippen LogP contribution in [0.4, 0.5) is 0 Å². The van der Waals surface area contributed by atoms with E-state index in [1.54, 1.807) is 6.92 Å². The predicted molar refractivity (Wildman–Crippen MR) is 75.0 cm³/mol. The van der Waals surface area contributed by atoms with Crippen LogP contribution >= 0.6 is 0 Å². The maximum absolute atomic E-state index is 12.0. The van der Waals surface area contributed by atoms with E-state index in [0.717, 1.165) is 11.1 Å². The van der Waals surface area contributed by atoms with Gasteiger partial charge in [-0.1, -0.05) is 23.4 Å². The zero-order valence-corrected chi connectivity index (χ0v) is 12.0. The number of esters is 1. The Bertz CT molecular complexity index is 629. The maximum atomic E-state index is 12.0. The van der Waals surface area contributed by atoms with Crippen molar-refractivity contribution >= 4 is 11.9 Å². The van der Waals surface area contributed by atoms with Crippen LogP contribution in [0.2, 0.25) is 0 Å². The van der Waals surface area contributed by atoms with Crippen molar-refractivity contribution in [2.24, 2.45) is 0 Å². The molecule has 6 nitrogen and oxygen atoms in total. The quantitative estimate of drug-likeness (QED) is 0.687. The van der Waals surface area contributed by atoms with E-state index in [0.29, 0.717) is 5.75 Å². The summed E-state index contributed by atoms with van der Waals surface area (Å²) >= 11 is 0. The highest BCUT2D eigenvalue weighted by atomic mass is 16.5. The van der Waals surface area contributed by atoms with Crippen molar-refractivity contribution < 1.29 is 18.8 Å². The van der Waals surface area contributed by atoms with Crippen LogP contribution in [0.1, 0.15) is 28.6 Å². The SMILES string of the molecule is Cc1cccc(C)c1OC(=O)C(C)NC(=O)c1ccno1. The number of carbonyl (C=O) groups is 2. The summed E-state index contributed by atoms with van der Waals surface area (Å²) in [4.78, 5) is 23.8. The molecule has 1 heterocycles. The number of rotatable bonds is 4. The molecule has 21 heavy (non-hydrogen) atoms. The Morgan fingerprint density at radius 3 is 2.48 bits per heavy atom. The first-order valence-corrected chi connectivity index (χ1v) is 6.48. The van der Waals surface area contributed by atoms with Crippen LogP contribution in [0.5, 0.6) is 5.75 Å². The molecule has 0 bridgehead atoms. The summed E-state index contributed by atoms with van der Waals surface area (Å²) in [5.41, 5.74) is 1.72. The van der Waals surface area contributed by atoms with Crippen molar-refractivity contribution in [2.45, 2.75) is 26.8 Å². The minimum absolute atomic E-state index is 0.0433. The molecule has 110 valence electrons. The Morgan fingerprint density at radius 1 is 1.24 bits per heavy atom. The smallest absolute Gasteiger partial charge is 0.333 e. The fourth-order valence-electron chi connectivity index (χ4n) is 1.81. The highest BCUT2D eigenvalue weighted by Gasteiger charge is 2.21. The number of hydrogen-bond donors (Lipinski definition) is 1. The molecule has 0 fully saturated rings. The lowest BCUT2D eigenvalue weighted by Crippen LogP contribution is -2.40. The van der Waals surface area contributed by atoms with Gasteiger partial charge in [-0.25, -0.2) is 4.79 Å². The van der Waals surface area contributed by atoms with E-state index in [1.165, 1.54) is 12.3 Å². The second kappa shape index (κ2) is 6.21. The molecule has 1 atom stereocenters. The van der Waals surface area contributed by atoms with Gasteiger partial charge in [0.05, 0.1) is 6.20 Å². The van der Waals surface area contributed by atoms with Gasteiger partial charge in [-0.05, 0) is 31.9 Å². The largest absolute Gasteiger partial charge is 0.424 e. The van der Waals surface area contributed by atoms with Crippen LogP contribution < -0.4 is 10.1 Å². The van der Waals surface area contributed by atoms with Gasteiger partial charge in [0.25, 0.3) is 5.91 Å². The molecule has 0 aliphatic carbocycles. The van der Waals surface area contributed by atoms with Crippen molar-refractivity contribution in [3.05, 3.63) is 47.3 Å². The summed E-state index contributed by atoms with van der Waals surface area (Å²) in [7, 11) is 0. The molecule has 2 aromatic rings. The molecule has 0 saturated heterocycles. The minimum atomic E-state index is -0.804. The zero-order valence-electron chi connectivity index (χ0n) is 12.0. The number of ether oxygens (including phenoxy) is 1. The van der Waals surface area contributed by atoms with E-state index in [4.69, 9.17) is 9.26 Å². The van der Waals surface area contributed by atoms with Crippen LogP contribution in [0.25, 0.3) is 0 Å². The standard InChI is InChI=1S/C15H16N2O4/c1-9-5-4-6-10(2)13(9)20-15(19)11(3)17-14(18)12-7-8-16-21-12/h4-8,11H,1-3H3,(H,17,18). The van der Waals surface area contributed by atoms with E-state index in [1.807, 2.05) is 32.0 Å². The summed E-state index contributed by atoms with van der Waals surface area (Å²) < 4.78 is 10.1. The Morgan fingerprint density at radius 2 is 1.90 bits per heavy atom. The summed E-state index contributed by atoms with van der Waals surface area (Å²) in [5.74, 6) is -0.497. The minimum Gasteiger partial charge on any atom is -0.424 e. The van der Waals surface area contributed by atoms with Gasteiger partial charge in [0, 0.05) is 6.07 Å². The molecule has 1 amide bonds. The van der Waals surface area contributed by atoms with E-state index >= 15 is 0 Å². The van der Waals surface area contributed by atoms with E-state index in [2.05, 4.69) is 10.5 Å². The molecule has 2 rings (SSSR count). The Kier molecular flexibility index (Phi) is 4.37. The molecule has 0 spiro atoms. The van der Waals surface area contributed by atoms with Crippen LogP contribution in [-0.4, -0.2) is 23.1 Å². The molecule has 6 heteroatoms. The molecule has 0 radical (unpaired) electrons. The first kappa shape index (κ1) is 14.8. The van der Waals surface area contributed by atoms with Gasteiger partial charge in [-0.15, -0.1) is 0 Å². The van der Waals surface area contributed by atoms with Crippen LogP contribution in [-0.2, 0) is 4.79 Å². The Balaban J connectivity index is 2.01. The Hall–Kier alpha value is -2.63. The first-order valence-electron chi connectivity index (χ1n) is 6.48. The molecular weight excluding hydrogens is 272 g/mol. The second-order valence-corrected chi connectivity index (χ2v) is 4.71. The molecule has 0 saturated carbocycles. The highest BCUT2D eigenvalue weighted by molar-refractivity contribution is 5.94. The highest BCUT2D eigenvalue weighted by Crippen LogP contribution is 2.22. The van der Waals surface area contributed by atoms with Gasteiger partial charge in [-0.2, -0.15) is 0 Å². The molecule has 0 aliphatic heterocycles. The van der Waals surface area contributed by atoms with Crippen molar-refractivity contribution in [1.29, 1.82) is 0 Å². The third-order valence-corrected chi connectivity index (χ3v) is 2.97. The fourth-order valence-corrected chi connectivity index (χ4v) is 1.81. The Labute approximate surface area is 122 Å². The number of para-hydroxylation sites is 1. The summed E-state index contributed by atoms with van der Waals surface area (Å²) in [6, 6.07) is 6.21. The molecule has 1 unspecified atom stereocenters. The van der Waals surface area contributed by atoms with Crippen LogP contribution in [0, 0.1) is 13.8 Å². The zero-order chi connectivity index (χ0) is 15.4. The number of amides is 1. The van der Waals surface area contributed by atoms with Crippen LogP contribution in [0.15, 0.2) is 35.0 Å². The van der Waals surface area contributed by atoms with Gasteiger partial charge < -0.3 is 14.6 Å². The van der Waals surface area contributed by atoms with Crippen molar-refractivity contribution in [2.75, 3.05) is 0 Å². The summed E-state index contributed by atoms with van der Waals surface area (Å²) in [5, 5.41) is 5.93. The third kappa shape index (κ3) is 3.47. The lowest BCUT2D eigenvalue weighted by atomic mass is 10.1. The number of aryl methyl sites for hydroxylation is 2. The average molecular weight is 288 g/mol. The second-order valence-electron chi connectivity index (χ2n) is 4.71. The topological polar surface area (TPSA) is 81.4 Å². The normalized spacial score (nSPS) is 11.8. The number of nitrogens with one attached hydrogen (secondary N) is 1. The number of carbonyl (C=O) groups excluding carboxylic acids is 2. The molecule has 0 aliphatic rings. The van der Waals surface area contributed by atoms with Crippen molar-refractivity contribution in [3.8, 4) is 5.75 Å². The molecular formula is C15H16N2O4. The van der Waals surface area contributed by atoms with Gasteiger partial charge in [0.2, 0.25) is 5.76 Å². The number of benzene rings is 1. The van der Waals surface area contributed by atoms with Gasteiger partial charge in [0.15, 0.2) is 0 Å². The fraction of sp³-hybridized carbons (Fsp3) is 0.267. The summed E-state index contributed by atoms with van der Waals surface area (Å²) in [6.07, 6.45) is 1.36.